The number of hydrogen-bond acceptors (Lipinski definition) is 6. The van der Waals surface area contributed by atoms with Crippen LogP contribution in [-0.4, -0.2) is 44.0 Å². The highest BCUT2D eigenvalue weighted by atomic mass is 19.1. The van der Waals surface area contributed by atoms with Crippen LogP contribution in [0.25, 0.3) is 11.3 Å². The van der Waals surface area contributed by atoms with Gasteiger partial charge in [-0.2, -0.15) is 0 Å². The van der Waals surface area contributed by atoms with Gasteiger partial charge in [0.15, 0.2) is 0 Å². The molecule has 0 spiro atoms. The summed E-state index contributed by atoms with van der Waals surface area (Å²) in [5.41, 5.74) is 4.06. The molecular formula is C23H24FN5O3. The quantitative estimate of drug-likeness (QED) is 0.611. The molecule has 5 rings (SSSR count). The predicted molar refractivity (Wildman–Crippen MR) is 113 cm³/mol. The number of ether oxygens (including phenoxy) is 2. The van der Waals surface area contributed by atoms with Crippen LogP contribution in [0.1, 0.15) is 29.8 Å². The Bertz CT molecular complexity index is 1130. The van der Waals surface area contributed by atoms with Crippen molar-refractivity contribution in [3.8, 4) is 17.1 Å². The van der Waals surface area contributed by atoms with Gasteiger partial charge in [0.05, 0.1) is 24.8 Å². The van der Waals surface area contributed by atoms with E-state index in [0.717, 1.165) is 42.0 Å². The minimum atomic E-state index is -0.304. The van der Waals surface area contributed by atoms with Crippen LogP contribution in [-0.2, 0) is 36.3 Å². The number of halogens is 1. The van der Waals surface area contributed by atoms with Crippen molar-refractivity contribution >= 4 is 5.91 Å². The minimum Gasteiger partial charge on any atom is -0.471 e. The van der Waals surface area contributed by atoms with Crippen LogP contribution in [0.2, 0.25) is 0 Å². The molecule has 2 aliphatic rings. The summed E-state index contributed by atoms with van der Waals surface area (Å²) in [7, 11) is 1.79. The summed E-state index contributed by atoms with van der Waals surface area (Å²) < 4.78 is 26.3. The first kappa shape index (κ1) is 20.6. The number of fused-ring (bicyclic) bond motifs is 1. The highest BCUT2D eigenvalue weighted by Crippen LogP contribution is 2.28. The van der Waals surface area contributed by atoms with Crippen molar-refractivity contribution in [1.82, 2.24) is 24.9 Å². The van der Waals surface area contributed by atoms with Crippen LogP contribution in [0.4, 0.5) is 4.39 Å². The summed E-state index contributed by atoms with van der Waals surface area (Å²) in [6.07, 6.45) is 1.80. The van der Waals surface area contributed by atoms with Crippen molar-refractivity contribution in [2.45, 2.75) is 32.5 Å². The summed E-state index contributed by atoms with van der Waals surface area (Å²) in [4.78, 5) is 19.3. The number of amides is 1. The molecule has 4 heterocycles. The molecule has 9 heteroatoms. The van der Waals surface area contributed by atoms with E-state index in [4.69, 9.17) is 9.47 Å². The summed E-state index contributed by atoms with van der Waals surface area (Å²) in [5.74, 6) is 0.248. The summed E-state index contributed by atoms with van der Waals surface area (Å²) >= 11 is 0. The largest absolute Gasteiger partial charge is 0.471 e. The van der Waals surface area contributed by atoms with Crippen molar-refractivity contribution in [3.05, 3.63) is 59.2 Å². The fourth-order valence-electron chi connectivity index (χ4n) is 4.18. The third kappa shape index (κ3) is 4.08. The number of rotatable bonds is 5. The number of carbonyl (C=O) groups is 1. The number of pyridine rings is 1. The van der Waals surface area contributed by atoms with Gasteiger partial charge in [-0.1, -0.05) is 5.21 Å². The summed E-state index contributed by atoms with van der Waals surface area (Å²) in [6.45, 7) is 2.50. The topological polar surface area (TPSA) is 82.4 Å². The van der Waals surface area contributed by atoms with E-state index in [2.05, 4.69) is 15.3 Å². The van der Waals surface area contributed by atoms with Gasteiger partial charge in [0, 0.05) is 31.8 Å². The first-order valence-electron chi connectivity index (χ1n) is 10.7. The third-order valence-electron chi connectivity index (χ3n) is 5.98. The van der Waals surface area contributed by atoms with Gasteiger partial charge in [-0.05, 0) is 48.7 Å². The molecular weight excluding hydrogens is 413 g/mol. The lowest BCUT2D eigenvalue weighted by molar-refractivity contribution is -0.140. The highest BCUT2D eigenvalue weighted by Gasteiger charge is 2.31. The van der Waals surface area contributed by atoms with Crippen LogP contribution in [0.5, 0.6) is 5.88 Å². The standard InChI is InChI=1S/C23H24FN5O3/c1-28-20(22(26-27-28)15-4-7-18(24)8-5-15)14-32-21-9-6-16-11-29(12-19(16)25-21)23(30)17-3-2-10-31-13-17/h4-9,17H,2-3,10-14H2,1H3. The van der Waals surface area contributed by atoms with Crippen LogP contribution < -0.4 is 4.74 Å². The lowest BCUT2D eigenvalue weighted by atomic mass is 10.0. The Morgan fingerprint density at radius 3 is 2.84 bits per heavy atom. The van der Waals surface area contributed by atoms with Gasteiger partial charge >= 0.3 is 0 Å². The zero-order chi connectivity index (χ0) is 22.1. The van der Waals surface area contributed by atoms with E-state index in [9.17, 15) is 9.18 Å². The Hall–Kier alpha value is -3.33. The first-order chi connectivity index (χ1) is 15.6. The highest BCUT2D eigenvalue weighted by molar-refractivity contribution is 5.79. The van der Waals surface area contributed by atoms with E-state index in [1.54, 1.807) is 23.9 Å². The van der Waals surface area contributed by atoms with Crippen LogP contribution in [0.3, 0.4) is 0 Å². The second-order valence-electron chi connectivity index (χ2n) is 8.17. The van der Waals surface area contributed by atoms with E-state index < -0.39 is 0 Å². The van der Waals surface area contributed by atoms with Gasteiger partial charge in [-0.3, -0.25) is 4.79 Å². The molecule has 1 aromatic carbocycles. The normalized spacial score (nSPS) is 17.9. The molecule has 8 nitrogen and oxygen atoms in total. The van der Waals surface area contributed by atoms with Gasteiger partial charge in [-0.15, -0.1) is 5.10 Å². The lowest BCUT2D eigenvalue weighted by Gasteiger charge is -2.25. The number of carbonyl (C=O) groups excluding carboxylic acids is 1. The first-order valence-corrected chi connectivity index (χ1v) is 10.7. The monoisotopic (exact) mass is 437 g/mol. The van der Waals surface area contributed by atoms with Gasteiger partial charge in [0.25, 0.3) is 0 Å². The zero-order valence-electron chi connectivity index (χ0n) is 17.8. The molecule has 1 saturated heterocycles. The van der Waals surface area contributed by atoms with E-state index in [1.165, 1.54) is 12.1 Å². The van der Waals surface area contributed by atoms with E-state index >= 15 is 0 Å². The van der Waals surface area contributed by atoms with E-state index in [-0.39, 0.29) is 24.2 Å². The number of benzene rings is 1. The SMILES string of the molecule is Cn1nnc(-c2ccc(F)cc2)c1COc1ccc2c(n1)CN(C(=O)C1CCCOC1)C2. The molecule has 0 saturated carbocycles. The number of aromatic nitrogens is 4. The number of hydrogen-bond donors (Lipinski definition) is 0. The fraction of sp³-hybridized carbons (Fsp3) is 0.391. The van der Waals surface area contributed by atoms with Crippen LogP contribution in [0, 0.1) is 11.7 Å². The summed E-state index contributed by atoms with van der Waals surface area (Å²) in [6, 6.07) is 9.90. The average molecular weight is 437 g/mol. The molecule has 2 aliphatic heterocycles. The fourth-order valence-corrected chi connectivity index (χ4v) is 4.18. The Balaban J connectivity index is 1.27. The average Bonchev–Trinajstić information content (AvgIpc) is 3.41. The van der Waals surface area contributed by atoms with Crippen LogP contribution in [0.15, 0.2) is 36.4 Å². The van der Waals surface area contributed by atoms with Gasteiger partial charge < -0.3 is 14.4 Å². The molecule has 3 aromatic rings. The maximum atomic E-state index is 13.3. The molecule has 1 fully saturated rings. The van der Waals surface area contributed by atoms with Crippen LogP contribution >= 0.6 is 0 Å². The van der Waals surface area contributed by atoms with Crippen molar-refractivity contribution in [1.29, 1.82) is 0 Å². The number of aryl methyl sites for hydroxylation is 1. The van der Waals surface area contributed by atoms with Crippen molar-refractivity contribution < 1.29 is 18.7 Å². The van der Waals surface area contributed by atoms with Gasteiger partial charge in [0.1, 0.15) is 23.8 Å². The maximum Gasteiger partial charge on any atom is 0.228 e. The lowest BCUT2D eigenvalue weighted by Crippen LogP contribution is -2.36. The molecule has 0 N–H and O–H groups in total. The van der Waals surface area contributed by atoms with E-state index in [0.29, 0.717) is 31.3 Å². The Morgan fingerprint density at radius 2 is 2.06 bits per heavy atom. The summed E-state index contributed by atoms with van der Waals surface area (Å²) in [5, 5.41) is 8.27. The molecule has 1 amide bonds. The second-order valence-corrected chi connectivity index (χ2v) is 8.17. The zero-order valence-corrected chi connectivity index (χ0v) is 17.8. The molecule has 0 bridgehead atoms. The second kappa shape index (κ2) is 8.66. The Morgan fingerprint density at radius 1 is 1.22 bits per heavy atom. The predicted octanol–water partition coefficient (Wildman–Crippen LogP) is 2.86. The van der Waals surface area contributed by atoms with E-state index in [1.807, 2.05) is 17.0 Å². The maximum absolute atomic E-state index is 13.3. The molecule has 0 aliphatic carbocycles. The molecule has 32 heavy (non-hydrogen) atoms. The molecule has 0 radical (unpaired) electrons. The molecule has 2 aromatic heterocycles. The molecule has 1 unspecified atom stereocenters. The van der Waals surface area contributed by atoms with Crippen molar-refractivity contribution in [2.24, 2.45) is 13.0 Å². The third-order valence-corrected chi connectivity index (χ3v) is 5.98. The molecule has 166 valence electrons. The smallest absolute Gasteiger partial charge is 0.228 e. The van der Waals surface area contributed by atoms with Gasteiger partial charge in [-0.25, -0.2) is 14.1 Å². The minimum absolute atomic E-state index is 0.0593. The molecule has 1 atom stereocenters. The van der Waals surface area contributed by atoms with Gasteiger partial charge in [0.2, 0.25) is 11.8 Å². The number of nitrogens with zero attached hydrogens (tertiary/aromatic N) is 5. The Labute approximate surface area is 185 Å². The van der Waals surface area contributed by atoms with Crippen molar-refractivity contribution in [2.75, 3.05) is 13.2 Å². The Kier molecular flexibility index (Phi) is 5.57. The van der Waals surface area contributed by atoms with Crippen molar-refractivity contribution in [3.63, 3.8) is 0 Å².